The van der Waals surface area contributed by atoms with E-state index in [0.29, 0.717) is 12.5 Å². The number of hydrogen-bond donors (Lipinski definition) is 0. The topological polar surface area (TPSA) is 52.4 Å². The first-order valence-corrected chi connectivity index (χ1v) is 8.87. The van der Waals surface area contributed by atoms with Gasteiger partial charge in [0.25, 0.3) is 0 Å². The predicted octanol–water partition coefficient (Wildman–Crippen LogP) is 5.08. The molecule has 25 heavy (non-hydrogen) atoms. The van der Waals surface area contributed by atoms with Gasteiger partial charge in [-0.25, -0.2) is 0 Å². The van der Waals surface area contributed by atoms with Crippen LogP contribution in [0.3, 0.4) is 0 Å². The largest absolute Gasteiger partial charge is 0.494 e. The highest BCUT2D eigenvalue weighted by molar-refractivity contribution is 5.38. The molecule has 0 saturated heterocycles. The summed E-state index contributed by atoms with van der Waals surface area (Å²) in [5.41, 5.74) is 3.17. The van der Waals surface area contributed by atoms with Crippen LogP contribution in [0.4, 0.5) is 0 Å². The van der Waals surface area contributed by atoms with Crippen molar-refractivity contribution in [3.8, 4) is 5.75 Å². The molecule has 0 aromatic heterocycles. The summed E-state index contributed by atoms with van der Waals surface area (Å²) in [5, 5.41) is 11.5. The molecule has 0 saturated carbocycles. The second-order valence-corrected chi connectivity index (χ2v) is 6.85. The highest BCUT2D eigenvalue weighted by Crippen LogP contribution is 2.31. The van der Waals surface area contributed by atoms with Crippen molar-refractivity contribution in [2.75, 3.05) is 6.61 Å². The van der Waals surface area contributed by atoms with E-state index in [1.54, 1.807) is 6.92 Å². The Hall–Kier alpha value is -2.36. The van der Waals surface area contributed by atoms with Crippen molar-refractivity contribution < 1.29 is 9.66 Å². The van der Waals surface area contributed by atoms with Crippen molar-refractivity contribution in [2.24, 2.45) is 5.92 Å². The monoisotopic (exact) mass is 341 g/mol. The van der Waals surface area contributed by atoms with E-state index < -0.39 is 6.04 Å². The fraction of sp³-hybridized carbons (Fsp3) is 0.429. The molecular formula is C21H27NO3. The van der Waals surface area contributed by atoms with E-state index >= 15 is 0 Å². The lowest BCUT2D eigenvalue weighted by atomic mass is 9.85. The molecule has 0 amide bonds. The molecule has 0 spiro atoms. The Balaban J connectivity index is 2.34. The average molecular weight is 341 g/mol. The Kier molecular flexibility index (Phi) is 6.57. The molecule has 0 aliphatic heterocycles. The Morgan fingerprint density at radius 1 is 0.960 bits per heavy atom. The third kappa shape index (κ3) is 5.05. The van der Waals surface area contributed by atoms with Gasteiger partial charge in [-0.15, -0.1) is 0 Å². The van der Waals surface area contributed by atoms with Gasteiger partial charge in [0.2, 0.25) is 6.04 Å². The molecule has 2 atom stereocenters. The molecule has 2 unspecified atom stereocenters. The van der Waals surface area contributed by atoms with Gasteiger partial charge in [-0.3, -0.25) is 10.1 Å². The van der Waals surface area contributed by atoms with Gasteiger partial charge in [0.15, 0.2) is 0 Å². The Bertz CT molecular complexity index is 677. The SMILES string of the molecule is CCOc1ccc(C(c2ccc(CC(C)C)cc2)C(C)[N+](=O)[O-])cc1. The first-order valence-electron chi connectivity index (χ1n) is 8.87. The van der Waals surface area contributed by atoms with E-state index in [1.165, 1.54) is 5.56 Å². The molecular weight excluding hydrogens is 314 g/mol. The molecule has 0 bridgehead atoms. The Morgan fingerprint density at radius 3 is 1.92 bits per heavy atom. The number of nitrogens with zero attached hydrogens (tertiary/aromatic N) is 1. The van der Waals surface area contributed by atoms with E-state index in [2.05, 4.69) is 26.0 Å². The number of ether oxygens (including phenoxy) is 1. The van der Waals surface area contributed by atoms with Crippen LogP contribution >= 0.6 is 0 Å². The predicted molar refractivity (Wildman–Crippen MR) is 101 cm³/mol. The molecule has 134 valence electrons. The maximum absolute atomic E-state index is 11.5. The van der Waals surface area contributed by atoms with Crippen LogP contribution in [0.2, 0.25) is 0 Å². The molecule has 0 heterocycles. The molecule has 4 nitrogen and oxygen atoms in total. The van der Waals surface area contributed by atoms with Gasteiger partial charge in [-0.05, 0) is 48.1 Å². The van der Waals surface area contributed by atoms with E-state index in [0.717, 1.165) is 23.3 Å². The zero-order valence-corrected chi connectivity index (χ0v) is 15.4. The van der Waals surface area contributed by atoms with Gasteiger partial charge in [-0.1, -0.05) is 50.2 Å². The summed E-state index contributed by atoms with van der Waals surface area (Å²) in [5.74, 6) is 1.09. The van der Waals surface area contributed by atoms with Crippen LogP contribution in [0, 0.1) is 16.0 Å². The molecule has 0 fully saturated rings. The fourth-order valence-electron chi connectivity index (χ4n) is 3.14. The van der Waals surface area contributed by atoms with E-state index in [1.807, 2.05) is 43.3 Å². The maximum atomic E-state index is 11.5. The summed E-state index contributed by atoms with van der Waals surface area (Å²) >= 11 is 0. The maximum Gasteiger partial charge on any atom is 0.221 e. The first kappa shape index (κ1) is 19.0. The van der Waals surface area contributed by atoms with E-state index in [-0.39, 0.29) is 10.8 Å². The minimum Gasteiger partial charge on any atom is -0.494 e. The van der Waals surface area contributed by atoms with E-state index in [9.17, 15) is 10.1 Å². The van der Waals surface area contributed by atoms with Crippen molar-refractivity contribution in [3.05, 3.63) is 75.3 Å². The van der Waals surface area contributed by atoms with Crippen LogP contribution in [0.15, 0.2) is 48.5 Å². The van der Waals surface area contributed by atoms with Crippen LogP contribution in [0.5, 0.6) is 5.75 Å². The van der Waals surface area contributed by atoms with Gasteiger partial charge in [-0.2, -0.15) is 0 Å². The van der Waals surface area contributed by atoms with Crippen molar-refractivity contribution in [1.82, 2.24) is 0 Å². The van der Waals surface area contributed by atoms with Gasteiger partial charge in [0, 0.05) is 11.8 Å². The minimum atomic E-state index is -0.700. The standard InChI is InChI=1S/C21H27NO3/c1-5-25-20-12-10-19(11-13-20)21(16(4)22(23)24)18-8-6-17(7-9-18)14-15(2)3/h6-13,15-16,21H,5,14H2,1-4H3. The van der Waals surface area contributed by atoms with Crippen molar-refractivity contribution >= 4 is 0 Å². The van der Waals surface area contributed by atoms with Crippen LogP contribution in [0.1, 0.15) is 50.3 Å². The quantitative estimate of drug-likeness (QED) is 0.497. The summed E-state index contributed by atoms with van der Waals surface area (Å²) in [6, 6.07) is 15.1. The Morgan fingerprint density at radius 2 is 1.48 bits per heavy atom. The van der Waals surface area contributed by atoms with Crippen molar-refractivity contribution in [1.29, 1.82) is 0 Å². The summed E-state index contributed by atoms with van der Waals surface area (Å²) in [6.07, 6.45) is 1.01. The van der Waals surface area contributed by atoms with Crippen molar-refractivity contribution in [3.63, 3.8) is 0 Å². The fourth-order valence-corrected chi connectivity index (χ4v) is 3.14. The normalized spacial score (nSPS) is 13.5. The smallest absolute Gasteiger partial charge is 0.221 e. The molecule has 0 radical (unpaired) electrons. The van der Waals surface area contributed by atoms with E-state index in [4.69, 9.17) is 4.74 Å². The van der Waals surface area contributed by atoms with Gasteiger partial charge in [0.1, 0.15) is 5.75 Å². The Labute approximate surface area is 150 Å². The summed E-state index contributed by atoms with van der Waals surface area (Å²) in [4.78, 5) is 11.2. The zero-order valence-electron chi connectivity index (χ0n) is 15.4. The van der Waals surface area contributed by atoms with Gasteiger partial charge in [0.05, 0.1) is 12.5 Å². The highest BCUT2D eigenvalue weighted by atomic mass is 16.6. The molecule has 4 heteroatoms. The lowest BCUT2D eigenvalue weighted by molar-refractivity contribution is -0.520. The molecule has 2 aromatic carbocycles. The minimum absolute atomic E-state index is 0.205. The molecule has 2 rings (SSSR count). The van der Waals surface area contributed by atoms with Crippen LogP contribution in [-0.2, 0) is 6.42 Å². The average Bonchev–Trinajstić information content (AvgIpc) is 2.57. The number of hydrogen-bond acceptors (Lipinski definition) is 3. The van der Waals surface area contributed by atoms with Crippen LogP contribution < -0.4 is 4.74 Å². The second kappa shape index (κ2) is 8.65. The second-order valence-electron chi connectivity index (χ2n) is 6.85. The number of rotatable bonds is 8. The third-order valence-corrected chi connectivity index (χ3v) is 4.35. The molecule has 2 aromatic rings. The highest BCUT2D eigenvalue weighted by Gasteiger charge is 2.29. The molecule has 0 aliphatic carbocycles. The van der Waals surface area contributed by atoms with Gasteiger partial charge < -0.3 is 4.74 Å². The lowest BCUT2D eigenvalue weighted by Crippen LogP contribution is -2.25. The van der Waals surface area contributed by atoms with Crippen molar-refractivity contribution in [2.45, 2.75) is 46.1 Å². The third-order valence-electron chi connectivity index (χ3n) is 4.35. The molecule has 0 N–H and O–H groups in total. The zero-order chi connectivity index (χ0) is 18.4. The summed E-state index contributed by atoms with van der Waals surface area (Å²) < 4.78 is 5.47. The van der Waals surface area contributed by atoms with Crippen LogP contribution in [-0.4, -0.2) is 17.6 Å². The number of nitro groups is 1. The summed E-state index contributed by atoms with van der Waals surface area (Å²) in [6.45, 7) is 8.58. The van der Waals surface area contributed by atoms with Gasteiger partial charge >= 0.3 is 0 Å². The van der Waals surface area contributed by atoms with Crippen LogP contribution in [0.25, 0.3) is 0 Å². The summed E-state index contributed by atoms with van der Waals surface area (Å²) in [7, 11) is 0. The number of benzene rings is 2. The molecule has 0 aliphatic rings. The lowest BCUT2D eigenvalue weighted by Gasteiger charge is -2.20. The first-order chi connectivity index (χ1) is 11.9.